The van der Waals surface area contributed by atoms with E-state index in [0.29, 0.717) is 37.0 Å². The minimum Gasteiger partial charge on any atom is -0.444 e. The van der Waals surface area contributed by atoms with Gasteiger partial charge in [-0.3, -0.25) is 4.79 Å². The molecule has 2 aliphatic rings. The van der Waals surface area contributed by atoms with E-state index < -0.39 is 40.9 Å². The number of piperidine rings is 1. The molecule has 242 valence electrons. The van der Waals surface area contributed by atoms with Crippen molar-refractivity contribution in [1.29, 1.82) is 0 Å². The molecule has 0 radical (unpaired) electrons. The Labute approximate surface area is 260 Å². The van der Waals surface area contributed by atoms with Gasteiger partial charge in [0.15, 0.2) is 0 Å². The van der Waals surface area contributed by atoms with Crippen LogP contribution in [0.1, 0.15) is 45.9 Å². The number of alkyl halides is 4. The van der Waals surface area contributed by atoms with Crippen LogP contribution in [0, 0.1) is 11.8 Å². The van der Waals surface area contributed by atoms with Gasteiger partial charge >= 0.3 is 11.6 Å². The summed E-state index contributed by atoms with van der Waals surface area (Å²) in [5.41, 5.74) is -5.24. The molecule has 0 unspecified atom stereocenters. The van der Waals surface area contributed by atoms with E-state index in [2.05, 4.69) is 37.9 Å². The predicted molar refractivity (Wildman–Crippen MR) is 158 cm³/mol. The second kappa shape index (κ2) is 12.4. The van der Waals surface area contributed by atoms with Gasteiger partial charge in [0.2, 0.25) is 11.7 Å². The zero-order chi connectivity index (χ0) is 32.6. The molecule has 3 N–H and O–H groups in total. The van der Waals surface area contributed by atoms with E-state index in [9.17, 15) is 27.2 Å². The minimum absolute atomic E-state index is 0.0526. The van der Waals surface area contributed by atoms with Crippen molar-refractivity contribution < 1.29 is 36.4 Å². The topological polar surface area (TPSA) is 126 Å². The molecule has 11 nitrogen and oxygen atoms in total. The lowest BCUT2D eigenvalue weighted by Gasteiger charge is -2.33. The van der Waals surface area contributed by atoms with Gasteiger partial charge in [-0.25, -0.2) is 9.18 Å². The number of pyridine rings is 1. The molecule has 4 heterocycles. The quantitative estimate of drug-likeness (QED) is 0.189. The lowest BCUT2D eigenvalue weighted by atomic mass is 10.0. The van der Waals surface area contributed by atoms with E-state index >= 15 is 0 Å². The molecule has 2 amide bonds. The molecule has 0 bridgehead atoms. The highest BCUT2D eigenvalue weighted by Crippen LogP contribution is 2.44. The van der Waals surface area contributed by atoms with Crippen LogP contribution >= 0.6 is 11.8 Å². The van der Waals surface area contributed by atoms with Gasteiger partial charge in [-0.1, -0.05) is 11.1 Å². The number of hydrogen-bond acceptors (Lipinski definition) is 9. The van der Waals surface area contributed by atoms with Gasteiger partial charge in [0.1, 0.15) is 17.3 Å². The number of alkyl carbamates (subject to hydrolysis) is 1. The van der Waals surface area contributed by atoms with Crippen molar-refractivity contribution in [3.8, 4) is 23.2 Å². The van der Waals surface area contributed by atoms with E-state index in [-0.39, 0.29) is 47.2 Å². The summed E-state index contributed by atoms with van der Waals surface area (Å²) in [4.78, 5) is 30.5. The van der Waals surface area contributed by atoms with Crippen LogP contribution in [-0.4, -0.2) is 80.4 Å². The predicted octanol–water partition coefficient (Wildman–Crippen LogP) is 4.73. The number of carbonyl (C=O) groups is 2. The Morgan fingerprint density at radius 3 is 2.69 bits per heavy atom. The number of hydrogen-bond donors (Lipinski definition) is 3. The van der Waals surface area contributed by atoms with Crippen LogP contribution in [0.25, 0.3) is 16.9 Å². The van der Waals surface area contributed by atoms with Crippen molar-refractivity contribution >= 4 is 35.0 Å². The van der Waals surface area contributed by atoms with E-state index in [1.54, 1.807) is 32.9 Å². The number of rotatable bonds is 7. The first kappa shape index (κ1) is 32.4. The molecular formula is C29H33F4N7O4S. The molecule has 5 rings (SSSR count). The van der Waals surface area contributed by atoms with Crippen LogP contribution in [0.4, 0.5) is 28.0 Å². The highest BCUT2D eigenvalue weighted by Gasteiger charge is 2.44. The molecule has 1 saturated heterocycles. The molecule has 0 aromatic carbocycles. The molecule has 3 aromatic heterocycles. The Balaban J connectivity index is 1.30. The maximum absolute atomic E-state index is 14.7. The van der Waals surface area contributed by atoms with Crippen LogP contribution in [0.2, 0.25) is 0 Å². The lowest BCUT2D eigenvalue weighted by Crippen LogP contribution is -2.46. The average molecular weight is 652 g/mol. The fraction of sp³-hybridized carbons (Fsp3) is 0.517. The standard InChI is InChI=1S/C29H33F4N7O4S/c1-27(2,3)43-26(42)37-28(10-11-28)9-7-22(41)34-15-23-36-24(38-44-23)17-14-21-20(35-19-8-13-39(4)16-18(19)30)6-5-12-40(21)25(17)45-29(31,32)33/h5-6,12,14,18-19,35H,8,10-11,13,15-16H2,1-4H3,(H,34,41)(H,37,42)/t18-,19+/m0/s1. The molecule has 2 fully saturated rings. The van der Waals surface area contributed by atoms with Gasteiger partial charge in [-0.05, 0) is 71.2 Å². The van der Waals surface area contributed by atoms with Crippen LogP contribution in [0.5, 0.6) is 0 Å². The first-order valence-electron chi connectivity index (χ1n) is 14.2. The van der Waals surface area contributed by atoms with Gasteiger partial charge in [-0.2, -0.15) is 18.2 Å². The Morgan fingerprint density at radius 1 is 1.27 bits per heavy atom. The summed E-state index contributed by atoms with van der Waals surface area (Å²) in [6.45, 7) is 5.90. The van der Waals surface area contributed by atoms with Gasteiger partial charge in [-0.15, -0.1) is 0 Å². The lowest BCUT2D eigenvalue weighted by molar-refractivity contribution is -0.116. The molecule has 3 aromatic rings. The Bertz CT molecular complexity index is 1630. The van der Waals surface area contributed by atoms with Crippen LogP contribution in [-0.2, 0) is 16.1 Å². The number of aromatic nitrogens is 3. The summed E-state index contributed by atoms with van der Waals surface area (Å²) in [5, 5.41) is 12.0. The maximum atomic E-state index is 14.7. The first-order chi connectivity index (χ1) is 21.1. The number of halogens is 4. The molecular weight excluding hydrogens is 618 g/mol. The monoisotopic (exact) mass is 651 g/mol. The number of nitrogens with zero attached hydrogens (tertiary/aromatic N) is 4. The fourth-order valence-electron chi connectivity index (χ4n) is 4.81. The molecule has 1 aliphatic carbocycles. The molecule has 1 saturated carbocycles. The summed E-state index contributed by atoms with van der Waals surface area (Å²) in [5.74, 6) is 4.33. The van der Waals surface area contributed by atoms with Gasteiger partial charge in [0, 0.05) is 31.0 Å². The third-order valence-electron chi connectivity index (χ3n) is 7.08. The van der Waals surface area contributed by atoms with Crippen molar-refractivity contribution in [3.05, 3.63) is 30.3 Å². The number of likely N-dealkylation sites (tertiary alicyclic amines) is 1. The van der Waals surface area contributed by atoms with Crippen molar-refractivity contribution in [1.82, 2.24) is 30.1 Å². The second-order valence-corrected chi connectivity index (χ2v) is 13.1. The van der Waals surface area contributed by atoms with Gasteiger partial charge in [0.05, 0.1) is 34.4 Å². The minimum atomic E-state index is -4.62. The van der Waals surface area contributed by atoms with Gasteiger partial charge in [0.25, 0.3) is 5.91 Å². The number of nitrogens with one attached hydrogen (secondary N) is 3. The largest absolute Gasteiger partial charge is 0.447 e. The highest BCUT2D eigenvalue weighted by molar-refractivity contribution is 8.00. The van der Waals surface area contributed by atoms with Gasteiger partial charge < -0.3 is 34.5 Å². The summed E-state index contributed by atoms with van der Waals surface area (Å²) in [6.07, 6.45) is 1.34. The average Bonchev–Trinajstić information content (AvgIpc) is 3.35. The first-order valence-corrected chi connectivity index (χ1v) is 15.1. The Kier molecular flexibility index (Phi) is 8.96. The molecule has 16 heteroatoms. The number of thioether (sulfide) groups is 1. The fourth-order valence-corrected chi connectivity index (χ4v) is 5.54. The molecule has 0 spiro atoms. The van der Waals surface area contributed by atoms with E-state index in [0.717, 1.165) is 0 Å². The summed E-state index contributed by atoms with van der Waals surface area (Å²) >= 11 is -0.331. The third-order valence-corrected chi connectivity index (χ3v) is 7.92. The molecule has 1 aliphatic heterocycles. The van der Waals surface area contributed by atoms with Crippen molar-refractivity contribution in [2.75, 3.05) is 25.5 Å². The van der Waals surface area contributed by atoms with Crippen LogP contribution in [0.3, 0.4) is 0 Å². The Morgan fingerprint density at radius 2 is 2.02 bits per heavy atom. The number of carbonyl (C=O) groups excluding carboxylic acids is 2. The van der Waals surface area contributed by atoms with Crippen LogP contribution in [0.15, 0.2) is 33.9 Å². The number of anilines is 1. The summed E-state index contributed by atoms with van der Waals surface area (Å²) < 4.78 is 67.5. The zero-order valence-corrected chi connectivity index (χ0v) is 25.9. The summed E-state index contributed by atoms with van der Waals surface area (Å²) in [6, 6.07) is 4.24. The van der Waals surface area contributed by atoms with Crippen molar-refractivity contribution in [2.24, 2.45) is 0 Å². The van der Waals surface area contributed by atoms with E-state index in [1.165, 1.54) is 16.7 Å². The van der Waals surface area contributed by atoms with Crippen LogP contribution < -0.4 is 16.0 Å². The number of ether oxygens (including phenoxy) is 1. The zero-order valence-electron chi connectivity index (χ0n) is 25.0. The van der Waals surface area contributed by atoms with E-state index in [1.807, 2.05) is 11.9 Å². The SMILES string of the molecule is CN1CC[C@@H](Nc2cccn3c(SC(F)(F)F)c(-c4noc(CNC(=O)C#CC5(NC(=O)OC(C)(C)C)CC5)n4)cc23)[C@@H](F)C1. The van der Waals surface area contributed by atoms with Crippen molar-refractivity contribution in [2.45, 2.75) is 80.5 Å². The van der Waals surface area contributed by atoms with E-state index in [4.69, 9.17) is 9.26 Å². The highest BCUT2D eigenvalue weighted by atomic mass is 32.2. The summed E-state index contributed by atoms with van der Waals surface area (Å²) in [7, 11) is 1.83. The normalized spacial score (nSPS) is 19.8. The number of fused-ring (bicyclic) bond motifs is 1. The Hall–Kier alpha value is -3.97. The molecule has 2 atom stereocenters. The maximum Gasteiger partial charge on any atom is 0.447 e. The van der Waals surface area contributed by atoms with Crippen molar-refractivity contribution in [3.63, 3.8) is 0 Å². The third kappa shape index (κ3) is 8.40. The number of amides is 2. The molecule has 45 heavy (non-hydrogen) atoms. The second-order valence-electron chi connectivity index (χ2n) is 12.1. The smallest absolute Gasteiger partial charge is 0.444 e.